The van der Waals surface area contributed by atoms with Gasteiger partial charge in [-0.2, -0.15) is 21.6 Å². The predicted molar refractivity (Wildman–Crippen MR) is 105 cm³/mol. The summed E-state index contributed by atoms with van der Waals surface area (Å²) in [5.41, 5.74) is -2.71. The monoisotopic (exact) mass is 448 g/mol. The van der Waals surface area contributed by atoms with E-state index in [1.165, 1.54) is 11.6 Å². The normalized spacial score (nSPS) is 15.0. The third-order valence-electron chi connectivity index (χ3n) is 4.33. The van der Waals surface area contributed by atoms with Crippen molar-refractivity contribution in [2.24, 2.45) is 10.2 Å². The van der Waals surface area contributed by atoms with E-state index >= 15 is 0 Å². The Kier molecular flexibility index (Phi) is 6.36. The van der Waals surface area contributed by atoms with Gasteiger partial charge in [-0.1, -0.05) is 24.7 Å². The Hall–Kier alpha value is -2.28. The van der Waals surface area contributed by atoms with Crippen LogP contribution in [-0.4, -0.2) is 37.2 Å². The van der Waals surface area contributed by atoms with Gasteiger partial charge >= 0.3 is 15.5 Å². The number of aryl methyl sites for hydroxylation is 1. The summed E-state index contributed by atoms with van der Waals surface area (Å²) < 4.78 is 63.7. The average molecular weight is 448 g/mol. The highest BCUT2D eigenvalue weighted by atomic mass is 32.2. The molecule has 0 atom stereocenters. The molecule has 0 aliphatic carbocycles. The van der Waals surface area contributed by atoms with Crippen molar-refractivity contribution < 1.29 is 21.6 Å². The first-order valence-corrected chi connectivity index (χ1v) is 11.3. The number of fused-ring (bicyclic) bond motifs is 1. The Morgan fingerprint density at radius 1 is 1.31 bits per heavy atom. The van der Waals surface area contributed by atoms with Crippen LogP contribution in [0.3, 0.4) is 0 Å². The maximum atomic E-state index is 12.9. The molecule has 0 spiro atoms. The SMILES string of the molecule is CCCCN1CCCc2cc(N=Nc3nncs3)c(NS(=O)(=O)C(F)(F)F)cc21. The number of alkyl halides is 3. The van der Waals surface area contributed by atoms with Gasteiger partial charge in [0, 0.05) is 18.8 Å². The van der Waals surface area contributed by atoms with Crippen molar-refractivity contribution in [1.29, 1.82) is 0 Å². The Balaban J connectivity index is 2.04. The fourth-order valence-electron chi connectivity index (χ4n) is 2.95. The predicted octanol–water partition coefficient (Wildman–Crippen LogP) is 4.77. The number of hydrogen-bond donors (Lipinski definition) is 1. The lowest BCUT2D eigenvalue weighted by Crippen LogP contribution is -2.32. The minimum Gasteiger partial charge on any atom is -0.371 e. The van der Waals surface area contributed by atoms with E-state index in [-0.39, 0.29) is 16.5 Å². The number of unbranched alkanes of at least 4 members (excludes halogenated alkanes) is 1. The zero-order valence-corrected chi connectivity index (χ0v) is 17.1. The van der Waals surface area contributed by atoms with Gasteiger partial charge in [-0.3, -0.25) is 4.72 Å². The molecule has 2 heterocycles. The van der Waals surface area contributed by atoms with Gasteiger partial charge in [-0.25, -0.2) is 0 Å². The first-order valence-electron chi connectivity index (χ1n) is 8.90. The number of benzene rings is 1. The molecular formula is C16H19F3N6O2S2. The summed E-state index contributed by atoms with van der Waals surface area (Å²) in [6.07, 6.45) is 3.48. The molecule has 158 valence electrons. The van der Waals surface area contributed by atoms with Crippen LogP contribution in [0, 0.1) is 0 Å². The van der Waals surface area contributed by atoms with Crippen molar-refractivity contribution in [3.8, 4) is 0 Å². The quantitative estimate of drug-likeness (QED) is 0.615. The number of azo groups is 1. The molecule has 1 aromatic heterocycles. The van der Waals surface area contributed by atoms with Gasteiger partial charge in [-0.15, -0.1) is 20.4 Å². The van der Waals surface area contributed by atoms with Crippen molar-refractivity contribution in [3.63, 3.8) is 0 Å². The number of halogens is 3. The maximum Gasteiger partial charge on any atom is 0.516 e. The molecule has 0 unspecified atom stereocenters. The van der Waals surface area contributed by atoms with Crippen LogP contribution in [0.2, 0.25) is 0 Å². The van der Waals surface area contributed by atoms with Crippen molar-refractivity contribution in [1.82, 2.24) is 10.2 Å². The van der Waals surface area contributed by atoms with Crippen LogP contribution in [0.4, 0.5) is 35.4 Å². The number of nitrogens with zero attached hydrogens (tertiary/aromatic N) is 5. The molecule has 8 nitrogen and oxygen atoms in total. The number of hydrogen-bond acceptors (Lipinski definition) is 8. The highest BCUT2D eigenvalue weighted by molar-refractivity contribution is 7.93. The van der Waals surface area contributed by atoms with Gasteiger partial charge < -0.3 is 4.90 Å². The zero-order chi connectivity index (χ0) is 21.1. The highest BCUT2D eigenvalue weighted by Gasteiger charge is 2.46. The number of nitrogens with one attached hydrogen (secondary N) is 1. The molecular weight excluding hydrogens is 429 g/mol. The molecule has 2 aromatic rings. The molecule has 1 aromatic carbocycles. The van der Waals surface area contributed by atoms with Crippen LogP contribution in [-0.2, 0) is 16.4 Å². The third kappa shape index (κ3) is 5.01. The Labute approximate surface area is 169 Å². The van der Waals surface area contributed by atoms with E-state index in [1.807, 2.05) is 6.92 Å². The summed E-state index contributed by atoms with van der Waals surface area (Å²) in [5, 5.41) is 15.3. The minimum atomic E-state index is -5.60. The second kappa shape index (κ2) is 8.61. The van der Waals surface area contributed by atoms with E-state index in [2.05, 4.69) is 25.3 Å². The molecule has 0 saturated carbocycles. The molecule has 1 aliphatic heterocycles. The lowest BCUT2D eigenvalue weighted by atomic mass is 10.00. The van der Waals surface area contributed by atoms with Crippen molar-refractivity contribution in [2.75, 3.05) is 22.7 Å². The van der Waals surface area contributed by atoms with E-state index in [0.717, 1.165) is 49.3 Å². The minimum absolute atomic E-state index is 0.0101. The lowest BCUT2D eigenvalue weighted by Gasteiger charge is -2.32. The van der Waals surface area contributed by atoms with Crippen molar-refractivity contribution in [2.45, 2.75) is 38.1 Å². The van der Waals surface area contributed by atoms with Crippen LogP contribution in [0.1, 0.15) is 31.7 Å². The van der Waals surface area contributed by atoms with E-state index in [1.54, 1.807) is 10.8 Å². The summed E-state index contributed by atoms with van der Waals surface area (Å²) in [4.78, 5) is 2.05. The van der Waals surface area contributed by atoms with Gasteiger partial charge in [-0.05, 0) is 37.0 Å². The second-order valence-corrected chi connectivity index (χ2v) is 8.90. The zero-order valence-electron chi connectivity index (χ0n) is 15.5. The molecule has 13 heteroatoms. The third-order valence-corrected chi connectivity index (χ3v) is 6.01. The van der Waals surface area contributed by atoms with Gasteiger partial charge in [0.05, 0.1) is 5.69 Å². The summed E-state index contributed by atoms with van der Waals surface area (Å²) in [7, 11) is -5.60. The standard InChI is InChI=1S/C16H19F3N6O2S2/c1-2-3-6-25-7-4-5-11-8-12(21-23-15-22-20-10-28-15)13(9-14(11)25)24-29(26,27)16(17,18)19/h8-10,24H,2-7H2,1H3. The summed E-state index contributed by atoms with van der Waals surface area (Å²) >= 11 is 1.09. The lowest BCUT2D eigenvalue weighted by molar-refractivity contribution is -0.0429. The molecule has 3 rings (SSSR count). The molecule has 1 aliphatic rings. The topological polar surface area (TPSA) is 99.9 Å². The van der Waals surface area contributed by atoms with Gasteiger partial charge in [0.1, 0.15) is 11.2 Å². The van der Waals surface area contributed by atoms with Crippen LogP contribution in [0.5, 0.6) is 0 Å². The maximum absolute atomic E-state index is 12.9. The highest BCUT2D eigenvalue weighted by Crippen LogP contribution is 2.39. The Bertz CT molecular complexity index is 977. The first-order chi connectivity index (χ1) is 13.7. The van der Waals surface area contributed by atoms with E-state index in [9.17, 15) is 21.6 Å². The number of anilines is 2. The van der Waals surface area contributed by atoms with Crippen LogP contribution in [0.25, 0.3) is 0 Å². The van der Waals surface area contributed by atoms with E-state index in [4.69, 9.17) is 0 Å². The van der Waals surface area contributed by atoms with E-state index < -0.39 is 15.5 Å². The Morgan fingerprint density at radius 3 is 2.76 bits per heavy atom. The van der Waals surface area contributed by atoms with Crippen LogP contribution < -0.4 is 9.62 Å². The summed E-state index contributed by atoms with van der Waals surface area (Å²) in [6.45, 7) is 3.54. The summed E-state index contributed by atoms with van der Waals surface area (Å²) in [5.74, 6) is 0. The van der Waals surface area contributed by atoms with Crippen molar-refractivity contribution in [3.05, 3.63) is 23.2 Å². The Morgan fingerprint density at radius 2 is 2.10 bits per heavy atom. The molecule has 29 heavy (non-hydrogen) atoms. The van der Waals surface area contributed by atoms with Crippen molar-refractivity contribution >= 4 is 43.6 Å². The largest absolute Gasteiger partial charge is 0.516 e. The van der Waals surface area contributed by atoms with Gasteiger partial charge in [0.15, 0.2) is 0 Å². The smallest absolute Gasteiger partial charge is 0.371 e. The molecule has 0 radical (unpaired) electrons. The fraction of sp³-hybridized carbons (Fsp3) is 0.500. The molecule has 0 amide bonds. The van der Waals surface area contributed by atoms with Crippen LogP contribution in [0.15, 0.2) is 27.9 Å². The van der Waals surface area contributed by atoms with Gasteiger partial charge in [0.2, 0.25) is 0 Å². The second-order valence-electron chi connectivity index (χ2n) is 6.41. The summed E-state index contributed by atoms with van der Waals surface area (Å²) in [6, 6.07) is 2.98. The molecule has 0 bridgehead atoms. The first kappa shape index (κ1) is 21.4. The fourth-order valence-corrected chi connectivity index (χ4v) is 3.89. The average Bonchev–Trinajstić information content (AvgIpc) is 3.17. The molecule has 0 fully saturated rings. The van der Waals surface area contributed by atoms with Crippen LogP contribution >= 0.6 is 11.3 Å². The molecule has 1 N–H and O–H groups in total. The van der Waals surface area contributed by atoms with E-state index in [0.29, 0.717) is 12.1 Å². The number of aromatic nitrogens is 2. The van der Waals surface area contributed by atoms with Gasteiger partial charge in [0.25, 0.3) is 5.13 Å². The molecule has 0 saturated heterocycles. The number of sulfonamides is 1. The number of rotatable bonds is 7.